The number of rotatable bonds is 5. The van der Waals surface area contributed by atoms with Crippen molar-refractivity contribution in [1.29, 1.82) is 0 Å². The van der Waals surface area contributed by atoms with Crippen molar-refractivity contribution in [3.05, 3.63) is 28.8 Å². The molecule has 1 aromatic carbocycles. The van der Waals surface area contributed by atoms with Crippen LogP contribution in [-0.4, -0.2) is 30.7 Å². The summed E-state index contributed by atoms with van der Waals surface area (Å²) in [4.78, 5) is 12.2. The number of ether oxygens (including phenoxy) is 1. The van der Waals surface area contributed by atoms with E-state index in [4.69, 9.17) is 16.3 Å². The largest absolute Gasteiger partial charge is 0.380 e. The van der Waals surface area contributed by atoms with E-state index < -0.39 is 0 Å². The molecular formula is C15H21ClN2O2S. The maximum Gasteiger partial charge on any atom is 0.319 e. The number of methoxy groups -OCH3 is 1. The number of carbonyl (C=O) groups is 1. The Morgan fingerprint density at radius 1 is 1.48 bits per heavy atom. The zero-order valence-corrected chi connectivity index (χ0v) is 13.9. The van der Waals surface area contributed by atoms with E-state index in [1.54, 1.807) is 13.2 Å². The summed E-state index contributed by atoms with van der Waals surface area (Å²) in [6.07, 6.45) is 5.47. The van der Waals surface area contributed by atoms with Crippen LogP contribution >= 0.6 is 23.4 Å². The molecule has 0 aromatic heterocycles. The SMILES string of the molecule is COCc1c(Cl)cccc1NC(=O)N[C@H]1CCC[C@H]1SC. The summed E-state index contributed by atoms with van der Waals surface area (Å²) in [5.74, 6) is 0. The highest BCUT2D eigenvalue weighted by molar-refractivity contribution is 7.99. The predicted molar refractivity (Wildman–Crippen MR) is 89.3 cm³/mol. The highest BCUT2D eigenvalue weighted by atomic mass is 35.5. The van der Waals surface area contributed by atoms with Crippen LogP contribution in [0.5, 0.6) is 0 Å². The van der Waals surface area contributed by atoms with Gasteiger partial charge in [0.2, 0.25) is 0 Å². The quantitative estimate of drug-likeness (QED) is 0.862. The second kappa shape index (κ2) is 7.92. The number of carbonyl (C=O) groups excluding carboxylic acids is 1. The molecule has 0 aliphatic heterocycles. The van der Waals surface area contributed by atoms with Gasteiger partial charge in [-0.25, -0.2) is 4.79 Å². The number of hydrogen-bond acceptors (Lipinski definition) is 3. The fraction of sp³-hybridized carbons (Fsp3) is 0.533. The van der Waals surface area contributed by atoms with Crippen LogP contribution in [0.2, 0.25) is 5.02 Å². The van der Waals surface area contributed by atoms with E-state index in [2.05, 4.69) is 16.9 Å². The standard InChI is InChI=1S/C15H21ClN2O2S/c1-20-9-10-11(16)5-3-6-12(10)17-15(19)18-13-7-4-8-14(13)21-2/h3,5-6,13-14H,4,7-9H2,1-2H3,(H2,17,18,19)/t13-,14+/m0/s1. The highest BCUT2D eigenvalue weighted by Gasteiger charge is 2.27. The Morgan fingerprint density at radius 2 is 2.29 bits per heavy atom. The minimum absolute atomic E-state index is 0.180. The monoisotopic (exact) mass is 328 g/mol. The number of thioether (sulfide) groups is 1. The van der Waals surface area contributed by atoms with Gasteiger partial charge in [0.25, 0.3) is 0 Å². The molecule has 6 heteroatoms. The number of halogens is 1. The van der Waals surface area contributed by atoms with E-state index in [1.165, 1.54) is 6.42 Å². The van der Waals surface area contributed by atoms with Gasteiger partial charge in [-0.05, 0) is 31.2 Å². The second-order valence-electron chi connectivity index (χ2n) is 5.11. The zero-order valence-electron chi connectivity index (χ0n) is 12.3. The van der Waals surface area contributed by atoms with Crippen molar-refractivity contribution in [2.24, 2.45) is 0 Å². The Labute approximate surface area is 135 Å². The highest BCUT2D eigenvalue weighted by Crippen LogP contribution is 2.29. The first-order valence-corrected chi connectivity index (χ1v) is 8.69. The number of hydrogen-bond donors (Lipinski definition) is 2. The summed E-state index contributed by atoms with van der Waals surface area (Å²) in [5.41, 5.74) is 1.49. The molecule has 0 spiro atoms. The molecule has 0 radical (unpaired) electrons. The molecular weight excluding hydrogens is 308 g/mol. The lowest BCUT2D eigenvalue weighted by Gasteiger charge is -2.20. The van der Waals surface area contributed by atoms with E-state index in [0.29, 0.717) is 22.6 Å². The molecule has 2 rings (SSSR count). The zero-order chi connectivity index (χ0) is 15.2. The van der Waals surface area contributed by atoms with Gasteiger partial charge in [0.05, 0.1) is 6.61 Å². The molecule has 1 aromatic rings. The topological polar surface area (TPSA) is 50.4 Å². The first kappa shape index (κ1) is 16.5. The lowest BCUT2D eigenvalue weighted by molar-refractivity contribution is 0.185. The Hall–Kier alpha value is -0.910. The fourth-order valence-corrected chi connectivity index (χ4v) is 3.83. The molecule has 0 saturated heterocycles. The lowest BCUT2D eigenvalue weighted by Crippen LogP contribution is -2.41. The van der Waals surface area contributed by atoms with Gasteiger partial charge in [0, 0.05) is 34.7 Å². The summed E-state index contributed by atoms with van der Waals surface area (Å²) >= 11 is 7.97. The van der Waals surface area contributed by atoms with Gasteiger partial charge >= 0.3 is 6.03 Å². The van der Waals surface area contributed by atoms with Crippen molar-refractivity contribution >= 4 is 35.1 Å². The summed E-state index contributed by atoms with van der Waals surface area (Å²) in [5, 5.41) is 7.05. The van der Waals surface area contributed by atoms with Crippen molar-refractivity contribution in [2.45, 2.75) is 37.2 Å². The molecule has 2 atom stereocenters. The summed E-state index contributed by atoms with van der Waals surface area (Å²) in [7, 11) is 1.61. The van der Waals surface area contributed by atoms with Crippen LogP contribution in [0.25, 0.3) is 0 Å². The lowest BCUT2D eigenvalue weighted by atomic mass is 10.2. The van der Waals surface area contributed by atoms with E-state index in [-0.39, 0.29) is 12.1 Å². The van der Waals surface area contributed by atoms with Crippen LogP contribution in [0.4, 0.5) is 10.5 Å². The van der Waals surface area contributed by atoms with E-state index in [0.717, 1.165) is 18.4 Å². The molecule has 4 nitrogen and oxygen atoms in total. The second-order valence-corrected chi connectivity index (χ2v) is 6.59. The van der Waals surface area contributed by atoms with Crippen molar-refractivity contribution in [3.8, 4) is 0 Å². The molecule has 2 N–H and O–H groups in total. The van der Waals surface area contributed by atoms with Crippen molar-refractivity contribution in [3.63, 3.8) is 0 Å². The fourth-order valence-electron chi connectivity index (χ4n) is 2.67. The van der Waals surface area contributed by atoms with Crippen LogP contribution in [0.15, 0.2) is 18.2 Å². The minimum Gasteiger partial charge on any atom is -0.380 e. The molecule has 0 unspecified atom stereocenters. The number of anilines is 1. The third-order valence-corrected chi connectivity index (χ3v) is 5.25. The summed E-state index contributed by atoms with van der Waals surface area (Å²) < 4.78 is 5.14. The van der Waals surface area contributed by atoms with E-state index >= 15 is 0 Å². The van der Waals surface area contributed by atoms with Gasteiger partial charge in [0.1, 0.15) is 0 Å². The molecule has 1 aliphatic rings. The number of nitrogens with one attached hydrogen (secondary N) is 2. The van der Waals surface area contributed by atoms with Gasteiger partial charge in [-0.2, -0.15) is 11.8 Å². The first-order valence-electron chi connectivity index (χ1n) is 7.02. The summed E-state index contributed by atoms with van der Waals surface area (Å²) in [6.45, 7) is 0.367. The molecule has 116 valence electrons. The minimum atomic E-state index is -0.180. The van der Waals surface area contributed by atoms with Crippen molar-refractivity contribution in [1.82, 2.24) is 5.32 Å². The molecule has 1 saturated carbocycles. The smallest absolute Gasteiger partial charge is 0.319 e. The molecule has 2 amide bonds. The molecule has 21 heavy (non-hydrogen) atoms. The Balaban J connectivity index is 2.01. The van der Waals surface area contributed by atoms with Crippen molar-refractivity contribution < 1.29 is 9.53 Å². The van der Waals surface area contributed by atoms with Crippen LogP contribution in [0.3, 0.4) is 0 Å². The van der Waals surface area contributed by atoms with Crippen LogP contribution in [-0.2, 0) is 11.3 Å². The maximum absolute atomic E-state index is 12.2. The average Bonchev–Trinajstić information content (AvgIpc) is 2.89. The Bertz CT molecular complexity index is 499. The predicted octanol–water partition coefficient (Wildman–Crippen LogP) is 3.89. The van der Waals surface area contributed by atoms with Crippen LogP contribution < -0.4 is 10.6 Å². The van der Waals surface area contributed by atoms with Crippen LogP contribution in [0.1, 0.15) is 24.8 Å². The van der Waals surface area contributed by atoms with Gasteiger partial charge in [-0.3, -0.25) is 0 Å². The molecule has 1 aliphatic carbocycles. The maximum atomic E-state index is 12.2. The van der Waals surface area contributed by atoms with Crippen LogP contribution in [0, 0.1) is 0 Å². The number of urea groups is 1. The normalized spacial score (nSPS) is 21.3. The van der Waals surface area contributed by atoms with Gasteiger partial charge in [-0.1, -0.05) is 24.1 Å². The molecule has 1 fully saturated rings. The molecule has 0 heterocycles. The van der Waals surface area contributed by atoms with Gasteiger partial charge in [-0.15, -0.1) is 0 Å². The van der Waals surface area contributed by atoms with Gasteiger partial charge < -0.3 is 15.4 Å². The Kier molecular flexibility index (Phi) is 6.21. The van der Waals surface area contributed by atoms with Gasteiger partial charge in [0.15, 0.2) is 0 Å². The van der Waals surface area contributed by atoms with E-state index in [1.807, 2.05) is 23.9 Å². The number of benzene rings is 1. The first-order chi connectivity index (χ1) is 10.2. The molecule has 0 bridgehead atoms. The third-order valence-electron chi connectivity index (χ3n) is 3.73. The average molecular weight is 329 g/mol. The number of amides is 2. The Morgan fingerprint density at radius 3 is 3.00 bits per heavy atom. The summed E-state index contributed by atoms with van der Waals surface area (Å²) in [6, 6.07) is 5.50. The van der Waals surface area contributed by atoms with Crippen molar-refractivity contribution in [2.75, 3.05) is 18.7 Å². The van der Waals surface area contributed by atoms with E-state index in [9.17, 15) is 4.79 Å². The third kappa shape index (κ3) is 4.28.